The van der Waals surface area contributed by atoms with Crippen molar-refractivity contribution in [3.63, 3.8) is 0 Å². The van der Waals surface area contributed by atoms with E-state index in [2.05, 4.69) is 5.32 Å². The van der Waals surface area contributed by atoms with Crippen LogP contribution < -0.4 is 10.1 Å². The average Bonchev–Trinajstić information content (AvgIpc) is 2.75. The SMILES string of the molecule is N#CCOc1ccc(NC(=O)CC2CCCCCC2)cc1. The Labute approximate surface area is 126 Å². The lowest BCUT2D eigenvalue weighted by atomic mass is 9.96. The van der Waals surface area contributed by atoms with Crippen molar-refractivity contribution in [2.45, 2.75) is 44.9 Å². The van der Waals surface area contributed by atoms with Gasteiger partial charge in [-0.05, 0) is 43.0 Å². The van der Waals surface area contributed by atoms with Gasteiger partial charge in [-0.2, -0.15) is 5.26 Å². The summed E-state index contributed by atoms with van der Waals surface area (Å²) in [7, 11) is 0. The van der Waals surface area contributed by atoms with Gasteiger partial charge in [-0.1, -0.05) is 25.7 Å². The lowest BCUT2D eigenvalue weighted by molar-refractivity contribution is -0.117. The molecule has 1 amide bonds. The minimum Gasteiger partial charge on any atom is -0.479 e. The zero-order chi connectivity index (χ0) is 14.9. The minimum absolute atomic E-state index is 0.0351. The zero-order valence-electron chi connectivity index (χ0n) is 12.3. The highest BCUT2D eigenvalue weighted by atomic mass is 16.5. The summed E-state index contributed by atoms with van der Waals surface area (Å²) in [5, 5.41) is 11.4. The highest BCUT2D eigenvalue weighted by Crippen LogP contribution is 2.26. The molecule has 0 bridgehead atoms. The molecule has 1 N–H and O–H groups in total. The van der Waals surface area contributed by atoms with Crippen LogP contribution >= 0.6 is 0 Å². The Morgan fingerprint density at radius 1 is 1.19 bits per heavy atom. The largest absolute Gasteiger partial charge is 0.479 e. The number of amides is 1. The molecule has 4 nitrogen and oxygen atoms in total. The van der Waals surface area contributed by atoms with Gasteiger partial charge in [-0.25, -0.2) is 0 Å². The van der Waals surface area contributed by atoms with E-state index in [0.29, 0.717) is 18.1 Å². The highest BCUT2D eigenvalue weighted by Gasteiger charge is 2.16. The van der Waals surface area contributed by atoms with Crippen molar-refractivity contribution in [1.29, 1.82) is 5.26 Å². The van der Waals surface area contributed by atoms with Crippen molar-refractivity contribution < 1.29 is 9.53 Å². The van der Waals surface area contributed by atoms with Crippen molar-refractivity contribution in [3.8, 4) is 11.8 Å². The van der Waals surface area contributed by atoms with Gasteiger partial charge < -0.3 is 10.1 Å². The smallest absolute Gasteiger partial charge is 0.224 e. The van der Waals surface area contributed by atoms with Gasteiger partial charge in [0.15, 0.2) is 6.61 Å². The minimum atomic E-state index is 0.0351. The molecule has 1 saturated carbocycles. The number of carbonyl (C=O) groups is 1. The molecule has 2 rings (SSSR count). The molecule has 1 fully saturated rings. The van der Waals surface area contributed by atoms with Crippen LogP contribution in [0.15, 0.2) is 24.3 Å². The van der Waals surface area contributed by atoms with Gasteiger partial charge in [0.25, 0.3) is 0 Å². The van der Waals surface area contributed by atoms with Gasteiger partial charge in [-0.15, -0.1) is 0 Å². The molecule has 1 aromatic rings. The van der Waals surface area contributed by atoms with Crippen LogP contribution in [0, 0.1) is 17.2 Å². The third-order valence-corrected chi connectivity index (χ3v) is 3.89. The van der Waals surface area contributed by atoms with Gasteiger partial charge in [0.05, 0.1) is 0 Å². The Balaban J connectivity index is 1.80. The van der Waals surface area contributed by atoms with Crippen LogP contribution in [-0.4, -0.2) is 12.5 Å². The van der Waals surface area contributed by atoms with Crippen molar-refractivity contribution in [1.82, 2.24) is 0 Å². The van der Waals surface area contributed by atoms with Crippen molar-refractivity contribution in [2.75, 3.05) is 11.9 Å². The van der Waals surface area contributed by atoms with Crippen LogP contribution in [-0.2, 0) is 4.79 Å². The summed E-state index contributed by atoms with van der Waals surface area (Å²) < 4.78 is 5.18. The standard InChI is InChI=1S/C17H22N2O2/c18-11-12-21-16-9-7-15(8-10-16)19-17(20)13-14-5-3-1-2-4-6-14/h7-10,14H,1-6,12-13H2,(H,19,20). The number of benzene rings is 1. The predicted molar refractivity (Wildman–Crippen MR) is 82.0 cm³/mol. The molecule has 0 saturated heterocycles. The molecule has 0 radical (unpaired) electrons. The molecule has 1 aliphatic carbocycles. The summed E-state index contributed by atoms with van der Waals surface area (Å²) in [5.41, 5.74) is 0.776. The predicted octanol–water partition coefficient (Wildman–Crippen LogP) is 3.89. The number of ether oxygens (including phenoxy) is 1. The fraction of sp³-hybridized carbons (Fsp3) is 0.529. The Hall–Kier alpha value is -2.02. The fourth-order valence-corrected chi connectivity index (χ4v) is 2.79. The van der Waals surface area contributed by atoms with Gasteiger partial charge in [0.1, 0.15) is 11.8 Å². The normalized spacial score (nSPS) is 15.8. The number of nitrogens with zero attached hydrogens (tertiary/aromatic N) is 1. The molecular weight excluding hydrogens is 264 g/mol. The lowest BCUT2D eigenvalue weighted by Gasteiger charge is -2.13. The molecule has 4 heteroatoms. The molecule has 112 valence electrons. The van der Waals surface area contributed by atoms with E-state index < -0.39 is 0 Å². The maximum atomic E-state index is 12.1. The molecule has 21 heavy (non-hydrogen) atoms. The Morgan fingerprint density at radius 2 is 1.86 bits per heavy atom. The molecule has 1 aliphatic rings. The van der Waals surface area contributed by atoms with Crippen LogP contribution in [0.4, 0.5) is 5.69 Å². The summed E-state index contributed by atoms with van der Waals surface area (Å²) in [6.07, 6.45) is 8.09. The molecule has 0 aliphatic heterocycles. The van der Waals surface area contributed by atoms with Gasteiger partial charge in [0, 0.05) is 12.1 Å². The van der Waals surface area contributed by atoms with E-state index in [-0.39, 0.29) is 12.5 Å². The third kappa shape index (κ3) is 5.47. The molecular formula is C17H22N2O2. The van der Waals surface area contributed by atoms with E-state index in [4.69, 9.17) is 10.00 Å². The quantitative estimate of drug-likeness (QED) is 0.835. The molecule has 1 aromatic carbocycles. The summed E-state index contributed by atoms with van der Waals surface area (Å²) in [6.45, 7) is 0.0351. The van der Waals surface area contributed by atoms with Crippen LogP contribution in [0.3, 0.4) is 0 Å². The average molecular weight is 286 g/mol. The Kier molecular flexibility index (Phi) is 6.08. The first-order chi connectivity index (χ1) is 10.3. The molecule has 0 spiro atoms. The lowest BCUT2D eigenvalue weighted by Crippen LogP contribution is -2.16. The summed E-state index contributed by atoms with van der Waals surface area (Å²) in [5.74, 6) is 1.26. The van der Waals surface area contributed by atoms with E-state index in [9.17, 15) is 4.79 Å². The van der Waals surface area contributed by atoms with E-state index in [1.54, 1.807) is 24.3 Å². The number of hydrogen-bond acceptors (Lipinski definition) is 3. The fourth-order valence-electron chi connectivity index (χ4n) is 2.79. The van der Waals surface area contributed by atoms with Crippen molar-refractivity contribution >= 4 is 11.6 Å². The second-order valence-electron chi connectivity index (χ2n) is 5.58. The topological polar surface area (TPSA) is 62.1 Å². The summed E-state index contributed by atoms with van der Waals surface area (Å²) >= 11 is 0. The van der Waals surface area contributed by atoms with Crippen LogP contribution in [0.2, 0.25) is 0 Å². The first-order valence-electron chi connectivity index (χ1n) is 7.67. The van der Waals surface area contributed by atoms with Crippen LogP contribution in [0.25, 0.3) is 0 Å². The maximum Gasteiger partial charge on any atom is 0.224 e. The summed E-state index contributed by atoms with van der Waals surface area (Å²) in [4.78, 5) is 12.1. The van der Waals surface area contributed by atoms with E-state index >= 15 is 0 Å². The number of nitriles is 1. The number of rotatable bonds is 5. The molecule has 0 aromatic heterocycles. The first kappa shape index (κ1) is 15.4. The number of nitrogens with one attached hydrogen (secondary N) is 1. The molecule has 0 heterocycles. The van der Waals surface area contributed by atoms with Gasteiger partial charge in [0.2, 0.25) is 5.91 Å². The van der Waals surface area contributed by atoms with E-state index in [1.807, 2.05) is 6.07 Å². The van der Waals surface area contributed by atoms with Gasteiger partial charge in [-0.3, -0.25) is 4.79 Å². The van der Waals surface area contributed by atoms with Crippen molar-refractivity contribution in [2.24, 2.45) is 5.92 Å². The second kappa shape index (κ2) is 8.31. The maximum absolute atomic E-state index is 12.1. The van der Waals surface area contributed by atoms with E-state index in [1.165, 1.54) is 38.5 Å². The number of hydrogen-bond donors (Lipinski definition) is 1. The third-order valence-electron chi connectivity index (χ3n) is 3.89. The second-order valence-corrected chi connectivity index (χ2v) is 5.58. The molecule has 0 atom stereocenters. The van der Waals surface area contributed by atoms with Crippen LogP contribution in [0.1, 0.15) is 44.9 Å². The van der Waals surface area contributed by atoms with Gasteiger partial charge >= 0.3 is 0 Å². The van der Waals surface area contributed by atoms with Crippen molar-refractivity contribution in [3.05, 3.63) is 24.3 Å². The Bertz CT molecular complexity index is 483. The van der Waals surface area contributed by atoms with E-state index in [0.717, 1.165) is 5.69 Å². The number of carbonyl (C=O) groups excluding carboxylic acids is 1. The number of anilines is 1. The van der Waals surface area contributed by atoms with Crippen LogP contribution in [0.5, 0.6) is 5.75 Å². The zero-order valence-corrected chi connectivity index (χ0v) is 12.3. The first-order valence-corrected chi connectivity index (χ1v) is 7.67. The molecule has 0 unspecified atom stereocenters. The summed E-state index contributed by atoms with van der Waals surface area (Å²) in [6, 6.07) is 9.05. The highest BCUT2D eigenvalue weighted by molar-refractivity contribution is 5.90. The monoisotopic (exact) mass is 286 g/mol. The Morgan fingerprint density at radius 3 is 2.48 bits per heavy atom.